The minimum absolute atomic E-state index is 0.140. The summed E-state index contributed by atoms with van der Waals surface area (Å²) in [5.41, 5.74) is -1.19. The van der Waals surface area contributed by atoms with Gasteiger partial charge in [-0.3, -0.25) is 0 Å². The Morgan fingerprint density at radius 3 is 2.79 bits per heavy atom. The van der Waals surface area contributed by atoms with Gasteiger partial charge in [0.1, 0.15) is 11.3 Å². The fourth-order valence-corrected chi connectivity index (χ4v) is 2.61. The van der Waals surface area contributed by atoms with Gasteiger partial charge in [0, 0.05) is 12.5 Å². The first-order valence-electron chi connectivity index (χ1n) is 7.62. The van der Waals surface area contributed by atoms with Crippen LogP contribution >= 0.6 is 0 Å². The number of nitrogens with one attached hydrogen (secondary N) is 1. The van der Waals surface area contributed by atoms with Crippen molar-refractivity contribution in [3.8, 4) is 0 Å². The number of anilines is 1. The number of hydrogen-bond donors (Lipinski definition) is 2. The van der Waals surface area contributed by atoms with Crippen LogP contribution in [0.2, 0.25) is 0 Å². The van der Waals surface area contributed by atoms with Crippen LogP contribution in [0.15, 0.2) is 6.20 Å². The molecule has 24 heavy (non-hydrogen) atoms. The smallest absolute Gasteiger partial charge is 0.389 e. The largest absolute Gasteiger partial charge is 0.435 e. The zero-order valence-electron chi connectivity index (χ0n) is 13.2. The van der Waals surface area contributed by atoms with E-state index in [1.54, 1.807) is 13.8 Å². The number of imidazole rings is 1. The van der Waals surface area contributed by atoms with Gasteiger partial charge in [-0.15, -0.1) is 5.10 Å². The lowest BCUT2D eigenvalue weighted by atomic mass is 10.1. The molecule has 0 spiro atoms. The predicted molar refractivity (Wildman–Crippen MR) is 78.7 cm³/mol. The molecule has 0 saturated carbocycles. The minimum Gasteiger partial charge on any atom is -0.389 e. The van der Waals surface area contributed by atoms with Gasteiger partial charge in [0.05, 0.1) is 24.9 Å². The predicted octanol–water partition coefficient (Wildman–Crippen LogP) is 1.83. The normalized spacial score (nSPS) is 22.3. The number of hydrogen-bond acceptors (Lipinski definition) is 6. The highest BCUT2D eigenvalue weighted by Crippen LogP contribution is 2.33. The van der Waals surface area contributed by atoms with Crippen molar-refractivity contribution in [1.29, 1.82) is 0 Å². The van der Waals surface area contributed by atoms with Gasteiger partial charge in [0.25, 0.3) is 0 Å². The van der Waals surface area contributed by atoms with Crippen LogP contribution in [-0.4, -0.2) is 50.0 Å². The number of halogens is 3. The second-order valence-electron chi connectivity index (χ2n) is 6.03. The third-order valence-electron chi connectivity index (χ3n) is 3.84. The summed E-state index contributed by atoms with van der Waals surface area (Å²) in [5, 5.41) is 17.0. The second-order valence-corrected chi connectivity index (χ2v) is 6.03. The quantitative estimate of drug-likeness (QED) is 0.883. The van der Waals surface area contributed by atoms with Crippen LogP contribution in [0.4, 0.5) is 19.1 Å². The van der Waals surface area contributed by atoms with Crippen molar-refractivity contribution in [3.63, 3.8) is 0 Å². The Balaban J connectivity index is 1.99. The van der Waals surface area contributed by atoms with Crippen molar-refractivity contribution in [2.45, 2.75) is 44.5 Å². The Hall–Kier alpha value is -1.94. The molecular formula is C14H18F3N5O2. The van der Waals surface area contributed by atoms with Gasteiger partial charge < -0.3 is 15.2 Å². The number of aliphatic hydroxyl groups is 1. The molecule has 1 aliphatic rings. The summed E-state index contributed by atoms with van der Waals surface area (Å²) in [6.07, 6.45) is -3.65. The van der Waals surface area contributed by atoms with Gasteiger partial charge in [-0.1, -0.05) is 13.8 Å². The van der Waals surface area contributed by atoms with Crippen LogP contribution < -0.4 is 5.32 Å². The highest BCUT2D eigenvalue weighted by atomic mass is 19.4. The fraction of sp³-hybridized carbons (Fsp3) is 0.643. The molecule has 0 aliphatic carbocycles. The first-order valence-corrected chi connectivity index (χ1v) is 7.62. The number of alkyl halides is 3. The molecule has 0 bridgehead atoms. The van der Waals surface area contributed by atoms with E-state index in [1.807, 2.05) is 0 Å². The Labute approximate surface area is 135 Å². The van der Waals surface area contributed by atoms with Crippen molar-refractivity contribution in [3.05, 3.63) is 17.7 Å². The molecule has 2 atom stereocenters. The van der Waals surface area contributed by atoms with Crippen molar-refractivity contribution in [2.75, 3.05) is 18.5 Å². The van der Waals surface area contributed by atoms with Crippen LogP contribution in [-0.2, 0) is 10.9 Å². The average Bonchev–Trinajstić information content (AvgIpc) is 2.89. The molecule has 0 radical (unpaired) electrons. The maximum atomic E-state index is 13.1. The number of aliphatic hydroxyl groups excluding tert-OH is 1. The molecule has 1 saturated heterocycles. The number of fused-ring (bicyclic) bond motifs is 1. The summed E-state index contributed by atoms with van der Waals surface area (Å²) in [4.78, 5) is 7.65. The standard InChI is InChI=1S/C14H18F3N5O2/c1-7(2)12-20-11(14(15,16)17)9-5-18-13(21-22(9)12)19-8-3-4-24-6-10(8)23/h5,7-8,10,23H,3-4,6H2,1-2H3,(H,19,21). The maximum absolute atomic E-state index is 13.1. The van der Waals surface area contributed by atoms with Crippen LogP contribution in [0, 0.1) is 0 Å². The zero-order valence-corrected chi connectivity index (χ0v) is 13.2. The lowest BCUT2D eigenvalue weighted by molar-refractivity contribution is -0.139. The first-order chi connectivity index (χ1) is 11.3. The summed E-state index contributed by atoms with van der Waals surface area (Å²) in [5.74, 6) is 0.0989. The summed E-state index contributed by atoms with van der Waals surface area (Å²) in [6, 6.07) is -0.315. The van der Waals surface area contributed by atoms with Gasteiger partial charge in [-0.25, -0.2) is 14.5 Å². The number of aromatic nitrogens is 4. The zero-order chi connectivity index (χ0) is 17.5. The maximum Gasteiger partial charge on any atom is 0.435 e. The van der Waals surface area contributed by atoms with Crippen molar-refractivity contribution in [2.24, 2.45) is 0 Å². The molecule has 1 fully saturated rings. The van der Waals surface area contributed by atoms with Crippen molar-refractivity contribution >= 4 is 11.5 Å². The molecule has 1 aliphatic heterocycles. The van der Waals surface area contributed by atoms with Crippen LogP contribution in [0.5, 0.6) is 0 Å². The highest BCUT2D eigenvalue weighted by molar-refractivity contribution is 5.53. The van der Waals surface area contributed by atoms with E-state index < -0.39 is 18.0 Å². The summed E-state index contributed by atoms with van der Waals surface area (Å²) in [6.45, 7) is 4.16. The third kappa shape index (κ3) is 3.16. The molecule has 0 amide bonds. The van der Waals surface area contributed by atoms with E-state index in [1.165, 1.54) is 0 Å². The van der Waals surface area contributed by atoms with E-state index in [9.17, 15) is 18.3 Å². The topological polar surface area (TPSA) is 84.6 Å². The highest BCUT2D eigenvalue weighted by Gasteiger charge is 2.38. The van der Waals surface area contributed by atoms with Crippen molar-refractivity contribution < 1.29 is 23.0 Å². The Morgan fingerprint density at radius 2 is 2.17 bits per heavy atom. The molecule has 7 nitrogen and oxygen atoms in total. The Morgan fingerprint density at radius 1 is 1.42 bits per heavy atom. The van der Waals surface area contributed by atoms with E-state index >= 15 is 0 Å². The third-order valence-corrected chi connectivity index (χ3v) is 3.84. The van der Waals surface area contributed by atoms with Gasteiger partial charge in [-0.05, 0) is 6.42 Å². The van der Waals surface area contributed by atoms with Gasteiger partial charge >= 0.3 is 6.18 Å². The second kappa shape index (κ2) is 6.17. The lowest BCUT2D eigenvalue weighted by Gasteiger charge is -2.28. The summed E-state index contributed by atoms with van der Waals surface area (Å²) < 4.78 is 45.7. The van der Waals surface area contributed by atoms with Crippen LogP contribution in [0.3, 0.4) is 0 Å². The molecule has 3 heterocycles. The molecule has 2 aromatic heterocycles. The molecule has 2 aromatic rings. The molecule has 0 aromatic carbocycles. The monoisotopic (exact) mass is 345 g/mol. The Kier molecular flexibility index (Phi) is 4.35. The molecule has 10 heteroatoms. The van der Waals surface area contributed by atoms with E-state index in [0.717, 1.165) is 10.7 Å². The number of ether oxygens (including phenoxy) is 1. The van der Waals surface area contributed by atoms with E-state index in [4.69, 9.17) is 4.74 Å². The Bertz CT molecular complexity index is 731. The fourth-order valence-electron chi connectivity index (χ4n) is 2.61. The van der Waals surface area contributed by atoms with Crippen molar-refractivity contribution in [1.82, 2.24) is 19.6 Å². The minimum atomic E-state index is -4.58. The lowest BCUT2D eigenvalue weighted by Crippen LogP contribution is -2.42. The van der Waals surface area contributed by atoms with Gasteiger partial charge in [0.2, 0.25) is 5.95 Å². The molecule has 132 valence electrons. The molecule has 3 rings (SSSR count). The molecular weight excluding hydrogens is 327 g/mol. The van der Waals surface area contributed by atoms with Crippen LogP contribution in [0.25, 0.3) is 5.52 Å². The number of rotatable bonds is 3. The van der Waals surface area contributed by atoms with E-state index in [-0.39, 0.29) is 35.9 Å². The summed E-state index contributed by atoms with van der Waals surface area (Å²) in [7, 11) is 0. The van der Waals surface area contributed by atoms with Gasteiger partial charge in [0.15, 0.2) is 5.69 Å². The summed E-state index contributed by atoms with van der Waals surface area (Å²) >= 11 is 0. The number of nitrogens with zero attached hydrogens (tertiary/aromatic N) is 4. The first kappa shape index (κ1) is 16.9. The van der Waals surface area contributed by atoms with E-state index in [0.29, 0.717) is 13.0 Å². The SMILES string of the molecule is CC(C)c1nc(C(F)(F)F)c2cnc(NC3CCOCC3O)nn12. The van der Waals surface area contributed by atoms with E-state index in [2.05, 4.69) is 20.4 Å². The molecule has 2 unspecified atom stereocenters. The van der Waals surface area contributed by atoms with Gasteiger partial charge in [-0.2, -0.15) is 13.2 Å². The molecule has 2 N–H and O–H groups in total. The average molecular weight is 345 g/mol. The van der Waals surface area contributed by atoms with Crippen LogP contribution in [0.1, 0.15) is 37.7 Å².